The van der Waals surface area contributed by atoms with Crippen LogP contribution in [0.1, 0.15) is 55.4 Å². The summed E-state index contributed by atoms with van der Waals surface area (Å²) in [6.07, 6.45) is 0. The maximum atomic E-state index is 11.8. The van der Waals surface area contributed by atoms with E-state index in [4.69, 9.17) is 0 Å². The van der Waals surface area contributed by atoms with Gasteiger partial charge < -0.3 is 5.32 Å². The SMILES string of the molecule is CC(NC(=O)C(C)(C)C)C(C)C(C)(C)C. The van der Waals surface area contributed by atoms with Crippen molar-refractivity contribution in [3.05, 3.63) is 0 Å². The smallest absolute Gasteiger partial charge is 0.225 e. The Bertz CT molecular complexity index is 220. The number of hydrogen-bond donors (Lipinski definition) is 1. The van der Waals surface area contributed by atoms with E-state index in [2.05, 4.69) is 39.9 Å². The highest BCUT2D eigenvalue weighted by atomic mass is 16.2. The average molecular weight is 213 g/mol. The van der Waals surface area contributed by atoms with Gasteiger partial charge in [0, 0.05) is 11.5 Å². The molecule has 0 aliphatic carbocycles. The van der Waals surface area contributed by atoms with E-state index in [0.29, 0.717) is 5.92 Å². The number of carbonyl (C=O) groups excluding carboxylic acids is 1. The Hall–Kier alpha value is -0.530. The van der Waals surface area contributed by atoms with Crippen LogP contribution in [0.25, 0.3) is 0 Å². The third-order valence-electron chi connectivity index (χ3n) is 3.16. The molecule has 1 amide bonds. The van der Waals surface area contributed by atoms with Gasteiger partial charge in [0.05, 0.1) is 0 Å². The van der Waals surface area contributed by atoms with Crippen molar-refractivity contribution in [1.29, 1.82) is 0 Å². The van der Waals surface area contributed by atoms with Gasteiger partial charge in [-0.2, -0.15) is 0 Å². The van der Waals surface area contributed by atoms with E-state index >= 15 is 0 Å². The van der Waals surface area contributed by atoms with Gasteiger partial charge in [-0.05, 0) is 18.3 Å². The van der Waals surface area contributed by atoms with Crippen LogP contribution in [-0.4, -0.2) is 11.9 Å². The van der Waals surface area contributed by atoms with Crippen molar-refractivity contribution in [1.82, 2.24) is 5.32 Å². The molecule has 0 fully saturated rings. The van der Waals surface area contributed by atoms with E-state index in [0.717, 1.165) is 0 Å². The van der Waals surface area contributed by atoms with Gasteiger partial charge in [0.1, 0.15) is 0 Å². The standard InChI is InChI=1S/C13H27NO/c1-9(12(3,4)5)10(2)14-11(15)13(6,7)8/h9-10H,1-8H3,(H,14,15). The van der Waals surface area contributed by atoms with Gasteiger partial charge in [-0.15, -0.1) is 0 Å². The van der Waals surface area contributed by atoms with Crippen molar-refractivity contribution in [3.8, 4) is 0 Å². The normalized spacial score (nSPS) is 17.1. The van der Waals surface area contributed by atoms with Crippen molar-refractivity contribution < 1.29 is 4.79 Å². The zero-order valence-corrected chi connectivity index (χ0v) is 11.6. The first-order chi connectivity index (χ1) is 6.46. The summed E-state index contributed by atoms with van der Waals surface area (Å²) in [5.74, 6) is 0.592. The summed E-state index contributed by atoms with van der Waals surface area (Å²) in [5, 5.41) is 3.09. The lowest BCUT2D eigenvalue weighted by Gasteiger charge is -2.34. The van der Waals surface area contributed by atoms with Gasteiger partial charge in [0.25, 0.3) is 0 Å². The molecule has 0 rings (SSSR count). The second-order valence-corrected chi connectivity index (χ2v) is 6.67. The Kier molecular flexibility index (Phi) is 4.38. The highest BCUT2D eigenvalue weighted by molar-refractivity contribution is 5.81. The number of nitrogens with one attached hydrogen (secondary N) is 1. The highest BCUT2D eigenvalue weighted by Crippen LogP contribution is 2.28. The van der Waals surface area contributed by atoms with E-state index in [1.807, 2.05) is 20.8 Å². The predicted molar refractivity (Wildman–Crippen MR) is 65.7 cm³/mol. The molecule has 0 bridgehead atoms. The molecule has 1 N–H and O–H groups in total. The van der Waals surface area contributed by atoms with E-state index in [-0.39, 0.29) is 22.8 Å². The number of amides is 1. The second kappa shape index (κ2) is 4.54. The molecule has 0 aliphatic heterocycles. The molecule has 0 saturated heterocycles. The van der Waals surface area contributed by atoms with Crippen LogP contribution in [0.4, 0.5) is 0 Å². The molecule has 2 heteroatoms. The maximum Gasteiger partial charge on any atom is 0.225 e. The predicted octanol–water partition coefficient (Wildman–Crippen LogP) is 3.22. The van der Waals surface area contributed by atoms with Gasteiger partial charge in [-0.3, -0.25) is 4.79 Å². The molecule has 0 radical (unpaired) electrons. The molecular weight excluding hydrogens is 186 g/mol. The van der Waals surface area contributed by atoms with Crippen LogP contribution in [0, 0.1) is 16.7 Å². The molecule has 2 nitrogen and oxygen atoms in total. The van der Waals surface area contributed by atoms with Gasteiger partial charge in [-0.25, -0.2) is 0 Å². The minimum absolute atomic E-state index is 0.131. The molecule has 0 aromatic rings. The Morgan fingerprint density at radius 3 is 1.67 bits per heavy atom. The van der Waals surface area contributed by atoms with Gasteiger partial charge in [0.2, 0.25) is 5.91 Å². The fourth-order valence-electron chi connectivity index (χ4n) is 1.30. The first-order valence-electron chi connectivity index (χ1n) is 5.77. The topological polar surface area (TPSA) is 29.1 Å². The van der Waals surface area contributed by atoms with Gasteiger partial charge in [-0.1, -0.05) is 48.5 Å². The molecule has 0 aromatic heterocycles. The molecule has 0 saturated carbocycles. The van der Waals surface area contributed by atoms with Crippen molar-refractivity contribution in [2.24, 2.45) is 16.7 Å². The van der Waals surface area contributed by atoms with Crippen LogP contribution in [0.15, 0.2) is 0 Å². The average Bonchev–Trinajstić information content (AvgIpc) is 1.99. The fraction of sp³-hybridized carbons (Fsp3) is 0.923. The minimum Gasteiger partial charge on any atom is -0.353 e. The van der Waals surface area contributed by atoms with Crippen LogP contribution < -0.4 is 5.32 Å². The number of hydrogen-bond acceptors (Lipinski definition) is 1. The monoisotopic (exact) mass is 213 g/mol. The molecule has 2 unspecified atom stereocenters. The van der Waals surface area contributed by atoms with Crippen LogP contribution in [0.5, 0.6) is 0 Å². The molecular formula is C13H27NO. The van der Waals surface area contributed by atoms with Crippen molar-refractivity contribution >= 4 is 5.91 Å². The van der Waals surface area contributed by atoms with E-state index in [1.165, 1.54) is 0 Å². The summed E-state index contributed by atoms with van der Waals surface area (Å²) >= 11 is 0. The quantitative estimate of drug-likeness (QED) is 0.749. The van der Waals surface area contributed by atoms with E-state index in [9.17, 15) is 4.79 Å². The molecule has 0 aromatic carbocycles. The Morgan fingerprint density at radius 1 is 1.00 bits per heavy atom. The Morgan fingerprint density at radius 2 is 1.40 bits per heavy atom. The molecule has 2 atom stereocenters. The van der Waals surface area contributed by atoms with E-state index in [1.54, 1.807) is 0 Å². The molecule has 0 spiro atoms. The minimum atomic E-state index is -0.300. The van der Waals surface area contributed by atoms with Gasteiger partial charge in [0.15, 0.2) is 0 Å². The zero-order chi connectivity index (χ0) is 12.4. The highest BCUT2D eigenvalue weighted by Gasteiger charge is 2.29. The summed E-state index contributed by atoms with van der Waals surface area (Å²) in [6.45, 7) is 16.7. The number of rotatable bonds is 2. The van der Waals surface area contributed by atoms with Crippen LogP contribution in [0.3, 0.4) is 0 Å². The van der Waals surface area contributed by atoms with Gasteiger partial charge >= 0.3 is 0 Å². The summed E-state index contributed by atoms with van der Waals surface area (Å²) in [7, 11) is 0. The molecule has 15 heavy (non-hydrogen) atoms. The lowest BCUT2D eigenvalue weighted by atomic mass is 9.78. The number of carbonyl (C=O) groups is 1. The summed E-state index contributed by atoms with van der Waals surface area (Å²) in [4.78, 5) is 11.8. The third-order valence-corrected chi connectivity index (χ3v) is 3.16. The molecule has 0 heterocycles. The van der Waals surface area contributed by atoms with Crippen LogP contribution in [-0.2, 0) is 4.79 Å². The maximum absolute atomic E-state index is 11.8. The summed E-state index contributed by atoms with van der Waals surface area (Å²) in [5.41, 5.74) is -0.0730. The molecule has 0 aliphatic rings. The van der Waals surface area contributed by atoms with Crippen molar-refractivity contribution in [2.45, 2.75) is 61.4 Å². The molecule has 90 valence electrons. The first kappa shape index (κ1) is 14.5. The zero-order valence-electron chi connectivity index (χ0n) is 11.6. The largest absolute Gasteiger partial charge is 0.353 e. The second-order valence-electron chi connectivity index (χ2n) is 6.67. The Labute approximate surface area is 94.8 Å². The van der Waals surface area contributed by atoms with E-state index < -0.39 is 0 Å². The lowest BCUT2D eigenvalue weighted by Crippen LogP contribution is -2.46. The van der Waals surface area contributed by atoms with Crippen molar-refractivity contribution in [3.63, 3.8) is 0 Å². The summed E-state index contributed by atoms with van der Waals surface area (Å²) in [6, 6.07) is 0.219. The van der Waals surface area contributed by atoms with Crippen molar-refractivity contribution in [2.75, 3.05) is 0 Å². The van der Waals surface area contributed by atoms with Crippen LogP contribution in [0.2, 0.25) is 0 Å². The lowest BCUT2D eigenvalue weighted by molar-refractivity contribution is -0.129. The van der Waals surface area contributed by atoms with Crippen LogP contribution >= 0.6 is 0 Å². The third kappa shape index (κ3) is 4.67. The Balaban J connectivity index is 4.39. The first-order valence-corrected chi connectivity index (χ1v) is 5.77. The summed E-state index contributed by atoms with van der Waals surface area (Å²) < 4.78 is 0. The fourth-order valence-corrected chi connectivity index (χ4v) is 1.30.